The van der Waals surface area contributed by atoms with E-state index >= 15 is 0 Å². The molecule has 0 aliphatic heterocycles. The van der Waals surface area contributed by atoms with Gasteiger partial charge in [-0.3, -0.25) is 4.79 Å². The lowest BCUT2D eigenvalue weighted by molar-refractivity contribution is -0.121. The molecule has 1 aromatic rings. The zero-order chi connectivity index (χ0) is 15.4. The predicted molar refractivity (Wildman–Crippen MR) is 88.9 cm³/mol. The summed E-state index contributed by atoms with van der Waals surface area (Å²) in [5.41, 5.74) is 0.717. The lowest BCUT2D eigenvalue weighted by Gasteiger charge is -2.31. The van der Waals surface area contributed by atoms with Crippen LogP contribution in [0.2, 0.25) is 10.0 Å². The summed E-state index contributed by atoms with van der Waals surface area (Å²) in [5, 5.41) is 4.24. The molecule has 0 unspecified atom stereocenters. The Morgan fingerprint density at radius 1 is 1.19 bits per heavy atom. The Kier molecular flexibility index (Phi) is 5.95. The van der Waals surface area contributed by atoms with Crippen molar-refractivity contribution in [3.8, 4) is 0 Å². The van der Waals surface area contributed by atoms with Crippen LogP contribution in [0.15, 0.2) is 18.2 Å². The van der Waals surface area contributed by atoms with Crippen molar-refractivity contribution in [3.63, 3.8) is 0 Å². The largest absolute Gasteiger partial charge is 0.353 e. The first-order chi connectivity index (χ1) is 9.97. The average molecular weight is 328 g/mol. The molecule has 1 N–H and O–H groups in total. The van der Waals surface area contributed by atoms with Crippen molar-refractivity contribution in [2.45, 2.75) is 52.0 Å². The number of carbonyl (C=O) groups is 1. The molecule has 0 saturated heterocycles. The summed E-state index contributed by atoms with van der Waals surface area (Å²) in [5.74, 6) is 1.55. The molecule has 0 heterocycles. The van der Waals surface area contributed by atoms with Crippen LogP contribution in [0.25, 0.3) is 0 Å². The fraction of sp³-hybridized carbons (Fsp3) is 0.588. The Morgan fingerprint density at radius 3 is 2.29 bits per heavy atom. The van der Waals surface area contributed by atoms with Gasteiger partial charge in [0.1, 0.15) is 0 Å². The molecule has 1 saturated carbocycles. The third-order valence-electron chi connectivity index (χ3n) is 4.48. The van der Waals surface area contributed by atoms with Crippen molar-refractivity contribution < 1.29 is 4.79 Å². The van der Waals surface area contributed by atoms with Gasteiger partial charge < -0.3 is 5.32 Å². The summed E-state index contributed by atoms with van der Waals surface area (Å²) in [6.07, 6.45) is 4.81. The number of halogens is 2. The van der Waals surface area contributed by atoms with E-state index in [4.69, 9.17) is 23.2 Å². The van der Waals surface area contributed by atoms with E-state index in [2.05, 4.69) is 19.2 Å². The fourth-order valence-corrected chi connectivity index (χ4v) is 3.60. The van der Waals surface area contributed by atoms with E-state index in [1.54, 1.807) is 18.2 Å². The lowest BCUT2D eigenvalue weighted by Crippen LogP contribution is -2.39. The van der Waals surface area contributed by atoms with Crippen LogP contribution in [0.3, 0.4) is 0 Å². The molecule has 1 aliphatic carbocycles. The fourth-order valence-electron chi connectivity index (χ4n) is 3.07. The third-order valence-corrected chi connectivity index (χ3v) is 5.19. The standard InChI is InChI=1S/C17H23Cl2NO/c1-11(2)12-6-8-13(9-7-12)20-17(21)10-14-15(18)4-3-5-16(14)19/h3-5,11-13H,6-10H2,1-2H3,(H,20,21). The van der Waals surface area contributed by atoms with Crippen LogP contribution in [0.4, 0.5) is 0 Å². The summed E-state index contributed by atoms with van der Waals surface area (Å²) in [6, 6.07) is 5.63. The minimum atomic E-state index is 0.0120. The summed E-state index contributed by atoms with van der Waals surface area (Å²) in [4.78, 5) is 12.2. The highest BCUT2D eigenvalue weighted by molar-refractivity contribution is 6.36. The van der Waals surface area contributed by atoms with Gasteiger partial charge >= 0.3 is 0 Å². The molecule has 1 aromatic carbocycles. The molecule has 2 rings (SSSR count). The van der Waals surface area contributed by atoms with Gasteiger partial charge in [0.05, 0.1) is 6.42 Å². The van der Waals surface area contributed by atoms with E-state index in [-0.39, 0.29) is 12.3 Å². The van der Waals surface area contributed by atoms with Crippen LogP contribution in [-0.2, 0) is 11.2 Å². The van der Waals surface area contributed by atoms with Gasteiger partial charge in [-0.2, -0.15) is 0 Å². The first kappa shape index (κ1) is 16.6. The lowest BCUT2D eigenvalue weighted by atomic mass is 9.79. The van der Waals surface area contributed by atoms with E-state index in [1.807, 2.05) is 0 Å². The molecule has 0 atom stereocenters. The van der Waals surface area contributed by atoms with Crippen LogP contribution >= 0.6 is 23.2 Å². The van der Waals surface area contributed by atoms with Crippen molar-refractivity contribution in [2.75, 3.05) is 0 Å². The van der Waals surface area contributed by atoms with E-state index < -0.39 is 0 Å². The highest BCUT2D eigenvalue weighted by atomic mass is 35.5. The average Bonchev–Trinajstić information content (AvgIpc) is 2.43. The van der Waals surface area contributed by atoms with Crippen LogP contribution in [0.1, 0.15) is 45.1 Å². The van der Waals surface area contributed by atoms with Crippen LogP contribution in [0.5, 0.6) is 0 Å². The second-order valence-corrected chi connectivity index (χ2v) is 7.11. The van der Waals surface area contributed by atoms with Gasteiger partial charge in [-0.25, -0.2) is 0 Å². The maximum absolute atomic E-state index is 12.2. The number of nitrogens with one attached hydrogen (secondary N) is 1. The molecule has 4 heteroatoms. The first-order valence-electron chi connectivity index (χ1n) is 7.69. The number of hydrogen-bond donors (Lipinski definition) is 1. The molecule has 2 nitrogen and oxygen atoms in total. The quantitative estimate of drug-likeness (QED) is 0.840. The molecule has 1 fully saturated rings. The maximum Gasteiger partial charge on any atom is 0.224 e. The van der Waals surface area contributed by atoms with E-state index in [0.717, 1.165) is 24.7 Å². The van der Waals surface area contributed by atoms with Crippen LogP contribution in [0, 0.1) is 11.8 Å². The molecule has 116 valence electrons. The second-order valence-electron chi connectivity index (χ2n) is 6.30. The maximum atomic E-state index is 12.2. The number of rotatable bonds is 4. The van der Waals surface area contributed by atoms with E-state index in [0.29, 0.717) is 21.7 Å². The van der Waals surface area contributed by atoms with Gasteiger partial charge in [0.15, 0.2) is 0 Å². The van der Waals surface area contributed by atoms with Crippen LogP contribution < -0.4 is 5.32 Å². The Hall–Kier alpha value is -0.730. The molecule has 0 aromatic heterocycles. The Balaban J connectivity index is 1.86. The van der Waals surface area contributed by atoms with E-state index in [1.165, 1.54) is 12.8 Å². The third kappa shape index (κ3) is 4.62. The normalized spacial score (nSPS) is 22.3. The van der Waals surface area contributed by atoms with Crippen molar-refractivity contribution in [2.24, 2.45) is 11.8 Å². The topological polar surface area (TPSA) is 29.1 Å². The Bertz CT molecular complexity index is 473. The SMILES string of the molecule is CC(C)C1CCC(NC(=O)Cc2c(Cl)cccc2Cl)CC1. The van der Waals surface area contributed by atoms with Crippen molar-refractivity contribution in [1.29, 1.82) is 0 Å². The first-order valence-corrected chi connectivity index (χ1v) is 8.45. The van der Waals surface area contributed by atoms with Crippen molar-refractivity contribution in [3.05, 3.63) is 33.8 Å². The minimum Gasteiger partial charge on any atom is -0.353 e. The monoisotopic (exact) mass is 327 g/mol. The molecule has 1 aliphatic rings. The molecule has 21 heavy (non-hydrogen) atoms. The number of benzene rings is 1. The second kappa shape index (κ2) is 7.51. The number of hydrogen-bond acceptors (Lipinski definition) is 1. The number of carbonyl (C=O) groups excluding carboxylic acids is 1. The van der Waals surface area contributed by atoms with Crippen LogP contribution in [-0.4, -0.2) is 11.9 Å². The minimum absolute atomic E-state index is 0.0120. The summed E-state index contributed by atoms with van der Waals surface area (Å²) < 4.78 is 0. The highest BCUT2D eigenvalue weighted by Gasteiger charge is 2.24. The van der Waals surface area contributed by atoms with Gasteiger partial charge in [-0.05, 0) is 55.2 Å². The smallest absolute Gasteiger partial charge is 0.224 e. The predicted octanol–water partition coefficient (Wildman–Crippen LogP) is 4.87. The molecular formula is C17H23Cl2NO. The Labute approximate surface area is 137 Å². The van der Waals surface area contributed by atoms with Gasteiger partial charge in [-0.15, -0.1) is 0 Å². The molecule has 1 amide bonds. The van der Waals surface area contributed by atoms with Gasteiger partial charge in [0, 0.05) is 16.1 Å². The highest BCUT2D eigenvalue weighted by Crippen LogP contribution is 2.30. The van der Waals surface area contributed by atoms with Gasteiger partial charge in [-0.1, -0.05) is 43.1 Å². The summed E-state index contributed by atoms with van der Waals surface area (Å²) in [6.45, 7) is 4.56. The molecule has 0 bridgehead atoms. The molecule has 0 radical (unpaired) electrons. The molecular weight excluding hydrogens is 305 g/mol. The van der Waals surface area contributed by atoms with Gasteiger partial charge in [0.2, 0.25) is 5.91 Å². The summed E-state index contributed by atoms with van der Waals surface area (Å²) in [7, 11) is 0. The zero-order valence-electron chi connectivity index (χ0n) is 12.7. The van der Waals surface area contributed by atoms with Crippen molar-refractivity contribution >= 4 is 29.1 Å². The number of amides is 1. The zero-order valence-corrected chi connectivity index (χ0v) is 14.2. The molecule has 0 spiro atoms. The van der Waals surface area contributed by atoms with Crippen molar-refractivity contribution in [1.82, 2.24) is 5.32 Å². The van der Waals surface area contributed by atoms with E-state index in [9.17, 15) is 4.79 Å². The Morgan fingerprint density at radius 2 is 1.76 bits per heavy atom. The summed E-state index contributed by atoms with van der Waals surface area (Å²) >= 11 is 12.2. The van der Waals surface area contributed by atoms with Gasteiger partial charge in [0.25, 0.3) is 0 Å².